The number of rotatable bonds is 5. The molecule has 2 heterocycles. The van der Waals surface area contributed by atoms with Crippen molar-refractivity contribution in [2.45, 2.75) is 12.5 Å². The van der Waals surface area contributed by atoms with Crippen LogP contribution < -0.4 is 14.5 Å². The van der Waals surface area contributed by atoms with E-state index < -0.39 is 0 Å². The van der Waals surface area contributed by atoms with Crippen LogP contribution in [0.4, 0.5) is 5.82 Å². The minimum absolute atomic E-state index is 0.0370. The molecule has 0 spiro atoms. The van der Waals surface area contributed by atoms with Gasteiger partial charge in [-0.3, -0.25) is 0 Å². The minimum atomic E-state index is 0.0370. The minimum Gasteiger partial charge on any atom is -0.493 e. The SMILES string of the molecule is COc1ccc(C2CC(c3ccccc3)=NN2c2ccccn2)cc1OC. The fourth-order valence-corrected chi connectivity index (χ4v) is 3.34. The summed E-state index contributed by atoms with van der Waals surface area (Å²) < 4.78 is 10.9. The van der Waals surface area contributed by atoms with Gasteiger partial charge in [-0.25, -0.2) is 9.99 Å². The van der Waals surface area contributed by atoms with Crippen molar-refractivity contribution in [1.29, 1.82) is 0 Å². The van der Waals surface area contributed by atoms with Gasteiger partial charge in [-0.05, 0) is 35.4 Å². The van der Waals surface area contributed by atoms with E-state index in [1.807, 2.05) is 53.5 Å². The van der Waals surface area contributed by atoms with Crippen LogP contribution in [0.25, 0.3) is 0 Å². The summed E-state index contributed by atoms with van der Waals surface area (Å²) in [6.45, 7) is 0. The topological polar surface area (TPSA) is 47.0 Å². The molecular formula is C22H21N3O2. The molecule has 2 aromatic carbocycles. The number of hydrazone groups is 1. The van der Waals surface area contributed by atoms with Crippen molar-refractivity contribution in [3.05, 3.63) is 84.1 Å². The molecule has 136 valence electrons. The first-order valence-corrected chi connectivity index (χ1v) is 8.85. The van der Waals surface area contributed by atoms with E-state index in [0.717, 1.165) is 29.1 Å². The second kappa shape index (κ2) is 7.50. The number of methoxy groups -OCH3 is 2. The lowest BCUT2D eigenvalue weighted by atomic mass is 9.98. The summed E-state index contributed by atoms with van der Waals surface area (Å²) in [6, 6.07) is 22.2. The summed E-state index contributed by atoms with van der Waals surface area (Å²) in [5, 5.41) is 6.89. The first kappa shape index (κ1) is 17.1. The Kier molecular flexibility index (Phi) is 4.75. The molecule has 1 unspecified atom stereocenters. The Balaban J connectivity index is 1.75. The lowest BCUT2D eigenvalue weighted by Gasteiger charge is -2.23. The zero-order valence-electron chi connectivity index (χ0n) is 15.4. The third-order valence-electron chi connectivity index (χ3n) is 4.69. The molecule has 1 aromatic heterocycles. The van der Waals surface area contributed by atoms with E-state index in [4.69, 9.17) is 14.6 Å². The van der Waals surface area contributed by atoms with Crippen molar-refractivity contribution in [3.8, 4) is 11.5 Å². The van der Waals surface area contributed by atoms with Crippen LogP contribution in [0.3, 0.4) is 0 Å². The molecule has 0 amide bonds. The predicted octanol–water partition coefficient (Wildman–Crippen LogP) is 4.45. The molecule has 0 saturated carbocycles. The Morgan fingerprint density at radius 3 is 2.37 bits per heavy atom. The van der Waals surface area contributed by atoms with Crippen LogP contribution in [0.2, 0.25) is 0 Å². The Hall–Kier alpha value is -3.34. The molecule has 1 aliphatic rings. The van der Waals surface area contributed by atoms with Crippen LogP contribution in [0.5, 0.6) is 11.5 Å². The van der Waals surface area contributed by atoms with Crippen LogP contribution in [-0.4, -0.2) is 24.9 Å². The first-order valence-electron chi connectivity index (χ1n) is 8.85. The standard InChI is InChI=1S/C22H21N3O2/c1-26-20-12-11-17(14-21(20)27-2)19-15-18(16-8-4-3-5-9-16)24-25(19)22-10-6-7-13-23-22/h3-14,19H,15H2,1-2H3. The Morgan fingerprint density at radius 1 is 0.889 bits per heavy atom. The third-order valence-corrected chi connectivity index (χ3v) is 4.69. The zero-order valence-corrected chi connectivity index (χ0v) is 15.4. The monoisotopic (exact) mass is 359 g/mol. The van der Waals surface area contributed by atoms with Gasteiger partial charge in [-0.15, -0.1) is 0 Å². The maximum atomic E-state index is 5.49. The Bertz CT molecular complexity index is 942. The fourth-order valence-electron chi connectivity index (χ4n) is 3.34. The molecule has 27 heavy (non-hydrogen) atoms. The van der Waals surface area contributed by atoms with Gasteiger partial charge in [-0.1, -0.05) is 42.5 Å². The average Bonchev–Trinajstić information content (AvgIpc) is 3.20. The summed E-state index contributed by atoms with van der Waals surface area (Å²) in [5.74, 6) is 2.25. The van der Waals surface area contributed by atoms with Crippen molar-refractivity contribution in [3.63, 3.8) is 0 Å². The van der Waals surface area contributed by atoms with E-state index in [1.54, 1.807) is 20.4 Å². The van der Waals surface area contributed by atoms with Crippen LogP contribution in [-0.2, 0) is 0 Å². The molecule has 0 aliphatic carbocycles. The summed E-state index contributed by atoms with van der Waals surface area (Å²) in [4.78, 5) is 4.50. The normalized spacial score (nSPS) is 16.1. The van der Waals surface area contributed by atoms with Crippen molar-refractivity contribution in [2.75, 3.05) is 19.2 Å². The van der Waals surface area contributed by atoms with Crippen molar-refractivity contribution >= 4 is 11.5 Å². The largest absolute Gasteiger partial charge is 0.493 e. The smallest absolute Gasteiger partial charge is 0.161 e. The van der Waals surface area contributed by atoms with Crippen molar-refractivity contribution in [2.24, 2.45) is 5.10 Å². The highest BCUT2D eigenvalue weighted by atomic mass is 16.5. The van der Waals surface area contributed by atoms with E-state index in [-0.39, 0.29) is 6.04 Å². The highest BCUT2D eigenvalue weighted by Gasteiger charge is 2.31. The van der Waals surface area contributed by atoms with Gasteiger partial charge in [0, 0.05) is 12.6 Å². The molecule has 0 fully saturated rings. The molecule has 3 aromatic rings. The molecule has 5 heteroatoms. The predicted molar refractivity (Wildman–Crippen MR) is 107 cm³/mol. The Morgan fingerprint density at radius 2 is 1.67 bits per heavy atom. The number of ether oxygens (including phenoxy) is 2. The number of hydrogen-bond donors (Lipinski definition) is 0. The lowest BCUT2D eigenvalue weighted by Crippen LogP contribution is -2.19. The first-order chi connectivity index (χ1) is 13.3. The average molecular weight is 359 g/mol. The number of pyridine rings is 1. The molecular weight excluding hydrogens is 338 g/mol. The van der Waals surface area contributed by atoms with Gasteiger partial charge >= 0.3 is 0 Å². The van der Waals surface area contributed by atoms with Gasteiger partial charge in [0.15, 0.2) is 11.5 Å². The number of aromatic nitrogens is 1. The second-order valence-corrected chi connectivity index (χ2v) is 6.28. The van der Waals surface area contributed by atoms with Crippen LogP contribution in [0.15, 0.2) is 78.0 Å². The van der Waals surface area contributed by atoms with Gasteiger partial charge < -0.3 is 9.47 Å². The molecule has 0 radical (unpaired) electrons. The van der Waals surface area contributed by atoms with E-state index in [1.165, 1.54) is 0 Å². The molecule has 0 bridgehead atoms. The van der Waals surface area contributed by atoms with E-state index in [9.17, 15) is 0 Å². The third kappa shape index (κ3) is 3.36. The highest BCUT2D eigenvalue weighted by Crippen LogP contribution is 2.39. The van der Waals surface area contributed by atoms with Gasteiger partial charge in [0.25, 0.3) is 0 Å². The molecule has 1 aliphatic heterocycles. The van der Waals surface area contributed by atoms with Gasteiger partial charge in [-0.2, -0.15) is 5.10 Å². The van der Waals surface area contributed by atoms with Crippen LogP contribution >= 0.6 is 0 Å². The van der Waals surface area contributed by atoms with E-state index in [2.05, 4.69) is 23.2 Å². The summed E-state index contributed by atoms with van der Waals surface area (Å²) >= 11 is 0. The quantitative estimate of drug-likeness (QED) is 0.675. The fraction of sp³-hybridized carbons (Fsp3) is 0.182. The highest BCUT2D eigenvalue weighted by molar-refractivity contribution is 6.03. The summed E-state index contributed by atoms with van der Waals surface area (Å²) in [6.07, 6.45) is 2.58. The van der Waals surface area contributed by atoms with Gasteiger partial charge in [0.2, 0.25) is 0 Å². The van der Waals surface area contributed by atoms with Crippen LogP contribution in [0, 0.1) is 0 Å². The number of hydrogen-bond acceptors (Lipinski definition) is 5. The van der Waals surface area contributed by atoms with Gasteiger partial charge in [0.1, 0.15) is 5.82 Å². The van der Waals surface area contributed by atoms with Crippen LogP contribution in [0.1, 0.15) is 23.6 Å². The maximum absolute atomic E-state index is 5.49. The van der Waals surface area contributed by atoms with Gasteiger partial charge in [0.05, 0.1) is 26.0 Å². The zero-order chi connectivity index (χ0) is 18.6. The summed E-state index contributed by atoms with van der Waals surface area (Å²) in [5.41, 5.74) is 3.27. The molecule has 0 saturated heterocycles. The number of anilines is 1. The maximum Gasteiger partial charge on any atom is 0.161 e. The van der Waals surface area contributed by atoms with Crippen molar-refractivity contribution in [1.82, 2.24) is 4.98 Å². The molecule has 1 atom stereocenters. The molecule has 4 rings (SSSR count). The van der Waals surface area contributed by atoms with E-state index >= 15 is 0 Å². The van der Waals surface area contributed by atoms with E-state index in [0.29, 0.717) is 11.5 Å². The molecule has 5 nitrogen and oxygen atoms in total. The lowest BCUT2D eigenvalue weighted by molar-refractivity contribution is 0.354. The second-order valence-electron chi connectivity index (χ2n) is 6.28. The molecule has 0 N–H and O–H groups in total. The number of benzene rings is 2. The Labute approximate surface area is 158 Å². The van der Waals surface area contributed by atoms with Crippen molar-refractivity contribution < 1.29 is 9.47 Å². The number of nitrogens with zero attached hydrogens (tertiary/aromatic N) is 3. The summed E-state index contributed by atoms with van der Waals surface area (Å²) in [7, 11) is 3.29.